The predicted octanol–water partition coefficient (Wildman–Crippen LogP) is -4.19. The van der Waals surface area contributed by atoms with E-state index in [1.54, 1.807) is 0 Å². The van der Waals surface area contributed by atoms with Crippen molar-refractivity contribution < 1.29 is 31.3 Å². The van der Waals surface area contributed by atoms with Crippen LogP contribution in [0.3, 0.4) is 0 Å². The molecular weight excluding hydrogens is 90.4 g/mol. The van der Waals surface area contributed by atoms with Gasteiger partial charge in [-0.05, 0) is 0 Å². The third-order valence-electron chi connectivity index (χ3n) is 0.500. The summed E-state index contributed by atoms with van der Waals surface area (Å²) in [5.74, 6) is 0. The SMILES string of the molecule is CCCC.[Cl-].[Li+]. The fourth-order valence-corrected chi connectivity index (χ4v) is 0. The van der Waals surface area contributed by atoms with Crippen molar-refractivity contribution in [2.45, 2.75) is 26.7 Å². The molecule has 0 heterocycles. The number of rotatable bonds is 1. The molecule has 0 aliphatic rings. The van der Waals surface area contributed by atoms with Crippen molar-refractivity contribution in [3.8, 4) is 0 Å². The van der Waals surface area contributed by atoms with Crippen molar-refractivity contribution in [2.24, 2.45) is 0 Å². The third kappa shape index (κ3) is 20.7. The maximum absolute atomic E-state index is 2.18. The standard InChI is InChI=1S/C4H10.ClH.Li/c1-3-4-2;;/h3-4H2,1-2H3;1H;/q;;+1/p-1. The summed E-state index contributed by atoms with van der Waals surface area (Å²) in [7, 11) is 0. The first-order valence-corrected chi connectivity index (χ1v) is 1.91. The fraction of sp³-hybridized carbons (Fsp3) is 1.00. The quantitative estimate of drug-likeness (QED) is 0.293. The normalized spacial score (nSPS) is 5.00. The molecule has 2 heteroatoms. The maximum atomic E-state index is 2.18. The Morgan fingerprint density at radius 2 is 1.17 bits per heavy atom. The molecule has 0 saturated carbocycles. The van der Waals surface area contributed by atoms with E-state index in [1.807, 2.05) is 0 Å². The van der Waals surface area contributed by atoms with Crippen LogP contribution in [0.4, 0.5) is 0 Å². The van der Waals surface area contributed by atoms with Crippen LogP contribution in [0.2, 0.25) is 0 Å². The molecule has 0 unspecified atom stereocenters. The zero-order valence-corrected chi connectivity index (χ0v) is 5.55. The van der Waals surface area contributed by atoms with Crippen LogP contribution < -0.4 is 31.3 Å². The second kappa shape index (κ2) is 16.9. The van der Waals surface area contributed by atoms with E-state index in [4.69, 9.17) is 0 Å². The Balaban J connectivity index is -0.0000000450. The maximum Gasteiger partial charge on any atom is 1.00 e. The zero-order valence-electron chi connectivity index (χ0n) is 4.79. The first kappa shape index (κ1) is 15.8. The Labute approximate surface area is 58.3 Å². The summed E-state index contributed by atoms with van der Waals surface area (Å²) in [6, 6.07) is 0. The summed E-state index contributed by atoms with van der Waals surface area (Å²) in [4.78, 5) is 0. The molecule has 0 nitrogen and oxygen atoms in total. The van der Waals surface area contributed by atoms with Gasteiger partial charge in [-0.3, -0.25) is 0 Å². The summed E-state index contributed by atoms with van der Waals surface area (Å²) < 4.78 is 0. The summed E-state index contributed by atoms with van der Waals surface area (Å²) in [5, 5.41) is 0. The molecule has 0 aromatic carbocycles. The van der Waals surface area contributed by atoms with Crippen molar-refractivity contribution in [1.82, 2.24) is 0 Å². The number of halogens is 1. The van der Waals surface area contributed by atoms with Gasteiger partial charge in [-0.1, -0.05) is 26.7 Å². The molecular formula is C4H10ClLi. The van der Waals surface area contributed by atoms with E-state index in [9.17, 15) is 0 Å². The average Bonchev–Trinajstić information content (AvgIpc) is 1.37. The van der Waals surface area contributed by atoms with Crippen LogP contribution in [-0.4, -0.2) is 0 Å². The second-order valence-corrected chi connectivity index (χ2v) is 1.000. The average molecular weight is 101 g/mol. The van der Waals surface area contributed by atoms with E-state index < -0.39 is 0 Å². The van der Waals surface area contributed by atoms with Gasteiger partial charge in [0, 0.05) is 0 Å². The Morgan fingerprint density at radius 1 is 1.00 bits per heavy atom. The summed E-state index contributed by atoms with van der Waals surface area (Å²) in [6.45, 7) is 4.36. The molecule has 0 saturated heterocycles. The van der Waals surface area contributed by atoms with Crippen LogP contribution in [0.5, 0.6) is 0 Å². The molecule has 34 valence electrons. The Morgan fingerprint density at radius 3 is 1.17 bits per heavy atom. The van der Waals surface area contributed by atoms with Crippen LogP contribution in [0.25, 0.3) is 0 Å². The van der Waals surface area contributed by atoms with Gasteiger partial charge in [-0.2, -0.15) is 0 Å². The van der Waals surface area contributed by atoms with Crippen molar-refractivity contribution >= 4 is 0 Å². The van der Waals surface area contributed by atoms with Crippen molar-refractivity contribution in [3.05, 3.63) is 0 Å². The Kier molecular flexibility index (Phi) is 44.4. The van der Waals surface area contributed by atoms with Gasteiger partial charge in [0.2, 0.25) is 0 Å². The Bertz CT molecular complexity index is 9.51. The van der Waals surface area contributed by atoms with Gasteiger partial charge in [0.15, 0.2) is 0 Å². The number of unbranched alkanes of at least 4 members (excludes halogenated alkanes) is 1. The molecule has 0 aliphatic heterocycles. The summed E-state index contributed by atoms with van der Waals surface area (Å²) in [6.07, 6.45) is 2.64. The van der Waals surface area contributed by atoms with Gasteiger partial charge < -0.3 is 12.4 Å². The third-order valence-corrected chi connectivity index (χ3v) is 0.500. The van der Waals surface area contributed by atoms with Crippen molar-refractivity contribution in [2.75, 3.05) is 0 Å². The monoisotopic (exact) mass is 100 g/mol. The van der Waals surface area contributed by atoms with Gasteiger partial charge in [-0.15, -0.1) is 0 Å². The Hall–Kier alpha value is 0.887. The van der Waals surface area contributed by atoms with Crippen LogP contribution in [0, 0.1) is 0 Å². The van der Waals surface area contributed by atoms with E-state index in [0.29, 0.717) is 0 Å². The van der Waals surface area contributed by atoms with Gasteiger partial charge in [0.1, 0.15) is 0 Å². The van der Waals surface area contributed by atoms with Crippen molar-refractivity contribution in [3.63, 3.8) is 0 Å². The van der Waals surface area contributed by atoms with E-state index in [0.717, 1.165) is 0 Å². The first-order valence-electron chi connectivity index (χ1n) is 1.91. The van der Waals surface area contributed by atoms with Gasteiger partial charge >= 0.3 is 18.9 Å². The summed E-state index contributed by atoms with van der Waals surface area (Å²) >= 11 is 0. The van der Waals surface area contributed by atoms with Crippen LogP contribution in [0.15, 0.2) is 0 Å². The van der Waals surface area contributed by atoms with Gasteiger partial charge in [0.25, 0.3) is 0 Å². The largest absolute Gasteiger partial charge is 1.00 e. The van der Waals surface area contributed by atoms with E-state index in [-0.39, 0.29) is 31.3 Å². The molecule has 6 heavy (non-hydrogen) atoms. The minimum absolute atomic E-state index is 0. The first-order chi connectivity index (χ1) is 1.91. The molecule has 0 fully saturated rings. The van der Waals surface area contributed by atoms with E-state index in [2.05, 4.69) is 13.8 Å². The van der Waals surface area contributed by atoms with Crippen molar-refractivity contribution in [1.29, 1.82) is 0 Å². The van der Waals surface area contributed by atoms with E-state index in [1.165, 1.54) is 12.8 Å². The smallest absolute Gasteiger partial charge is 1.00 e. The topological polar surface area (TPSA) is 0 Å². The minimum Gasteiger partial charge on any atom is -1.00 e. The fourth-order valence-electron chi connectivity index (χ4n) is 0. The molecule has 0 atom stereocenters. The number of hydrogen-bond acceptors (Lipinski definition) is 0. The predicted molar refractivity (Wildman–Crippen MR) is 20.6 cm³/mol. The van der Waals surface area contributed by atoms with Crippen LogP contribution >= 0.6 is 0 Å². The molecule has 0 aliphatic carbocycles. The molecule has 0 bridgehead atoms. The van der Waals surface area contributed by atoms with Gasteiger partial charge in [0.05, 0.1) is 0 Å². The van der Waals surface area contributed by atoms with Gasteiger partial charge in [-0.25, -0.2) is 0 Å². The molecule has 0 radical (unpaired) electrons. The molecule has 0 aromatic rings. The molecule has 0 amide bonds. The second-order valence-electron chi connectivity index (χ2n) is 1.000. The molecule has 0 rings (SSSR count). The molecule has 0 spiro atoms. The van der Waals surface area contributed by atoms with E-state index >= 15 is 0 Å². The minimum atomic E-state index is 0. The molecule has 0 aromatic heterocycles. The zero-order chi connectivity index (χ0) is 3.41. The molecule has 0 N–H and O–H groups in total. The van der Waals surface area contributed by atoms with Crippen LogP contribution in [0.1, 0.15) is 26.7 Å². The number of hydrogen-bond donors (Lipinski definition) is 0. The van der Waals surface area contributed by atoms with Crippen LogP contribution in [-0.2, 0) is 0 Å². The summed E-state index contributed by atoms with van der Waals surface area (Å²) in [5.41, 5.74) is 0.